The third kappa shape index (κ3) is 6.03. The Labute approximate surface area is 170 Å². The highest BCUT2D eigenvalue weighted by molar-refractivity contribution is 7.89. The number of carbonyl (C=O) groups excluding carboxylic acids is 2. The van der Waals surface area contributed by atoms with Gasteiger partial charge in [-0.2, -0.15) is 0 Å². The molecule has 0 fully saturated rings. The fourth-order valence-corrected chi connectivity index (χ4v) is 3.22. The number of anilines is 1. The van der Waals surface area contributed by atoms with Gasteiger partial charge in [0.05, 0.1) is 17.1 Å². The maximum absolute atomic E-state index is 12.8. The number of rotatable bonds is 8. The molecule has 0 radical (unpaired) electrons. The maximum Gasteiger partial charge on any atom is 0.255 e. The van der Waals surface area contributed by atoms with Crippen molar-refractivity contribution in [3.8, 4) is 5.75 Å². The summed E-state index contributed by atoms with van der Waals surface area (Å²) in [4.78, 5) is 25.4. The Morgan fingerprint density at radius 2 is 1.79 bits per heavy atom. The van der Waals surface area contributed by atoms with Crippen LogP contribution in [0.4, 0.5) is 5.69 Å². The Morgan fingerprint density at radius 3 is 2.41 bits per heavy atom. The van der Waals surface area contributed by atoms with Gasteiger partial charge in [-0.1, -0.05) is 32.0 Å². The highest BCUT2D eigenvalue weighted by Crippen LogP contribution is 2.19. The normalized spacial score (nSPS) is 12.3. The third-order valence-corrected chi connectivity index (χ3v) is 5.01. The van der Waals surface area contributed by atoms with E-state index in [4.69, 9.17) is 9.88 Å². The van der Waals surface area contributed by atoms with Crippen LogP contribution in [0.15, 0.2) is 53.4 Å². The summed E-state index contributed by atoms with van der Waals surface area (Å²) in [5, 5.41) is 10.5. The number of nitrogens with one attached hydrogen (secondary N) is 2. The predicted octanol–water partition coefficient (Wildman–Crippen LogP) is 2.13. The van der Waals surface area contributed by atoms with Crippen LogP contribution < -0.4 is 20.5 Å². The summed E-state index contributed by atoms with van der Waals surface area (Å²) in [5.74, 6) is -0.717. The van der Waals surface area contributed by atoms with Crippen molar-refractivity contribution >= 4 is 27.5 Å². The number of nitrogens with two attached hydrogens (primary N) is 1. The van der Waals surface area contributed by atoms with Crippen LogP contribution in [0.1, 0.15) is 31.1 Å². The van der Waals surface area contributed by atoms with Gasteiger partial charge in [-0.05, 0) is 43.2 Å². The smallest absolute Gasteiger partial charge is 0.255 e. The van der Waals surface area contributed by atoms with E-state index in [9.17, 15) is 18.0 Å². The summed E-state index contributed by atoms with van der Waals surface area (Å²) in [6.07, 6.45) is 0. The molecule has 1 atom stereocenters. The highest BCUT2D eigenvalue weighted by Gasteiger charge is 2.26. The first-order chi connectivity index (χ1) is 13.6. The van der Waals surface area contributed by atoms with E-state index in [1.54, 1.807) is 38.1 Å². The molecule has 4 N–H and O–H groups in total. The molecule has 2 rings (SSSR count). The molecule has 8 nitrogen and oxygen atoms in total. The zero-order chi connectivity index (χ0) is 21.6. The van der Waals surface area contributed by atoms with Crippen molar-refractivity contribution in [3.63, 3.8) is 0 Å². The summed E-state index contributed by atoms with van der Waals surface area (Å²) in [5.41, 5.74) is 0.583. The minimum atomic E-state index is -3.90. The van der Waals surface area contributed by atoms with Crippen molar-refractivity contribution in [2.24, 2.45) is 11.1 Å². The molecule has 0 aliphatic heterocycles. The lowest BCUT2D eigenvalue weighted by atomic mass is 10.0. The maximum atomic E-state index is 12.8. The zero-order valence-electron chi connectivity index (χ0n) is 16.5. The van der Waals surface area contributed by atoms with Crippen LogP contribution in [0, 0.1) is 5.92 Å². The lowest BCUT2D eigenvalue weighted by molar-refractivity contribution is -0.118. The number of sulfonamides is 1. The van der Waals surface area contributed by atoms with E-state index in [1.165, 1.54) is 24.3 Å². The molecule has 0 aliphatic carbocycles. The summed E-state index contributed by atoms with van der Waals surface area (Å²) in [7, 11) is -3.90. The monoisotopic (exact) mass is 419 g/mol. The number of amides is 2. The van der Waals surface area contributed by atoms with Gasteiger partial charge < -0.3 is 15.4 Å². The molecular weight excluding hydrogens is 394 g/mol. The van der Waals surface area contributed by atoms with Crippen molar-refractivity contribution in [1.82, 2.24) is 5.32 Å². The second kappa shape index (κ2) is 9.53. The number of benzene rings is 2. The van der Waals surface area contributed by atoms with E-state index in [-0.39, 0.29) is 16.5 Å². The summed E-state index contributed by atoms with van der Waals surface area (Å²) >= 11 is 0. The minimum absolute atomic E-state index is 0.119. The molecule has 156 valence electrons. The van der Waals surface area contributed by atoms with Crippen LogP contribution in [-0.4, -0.2) is 32.9 Å². The quantitative estimate of drug-likeness (QED) is 0.604. The lowest BCUT2D eigenvalue weighted by Gasteiger charge is -2.22. The first kappa shape index (κ1) is 22.4. The first-order valence-corrected chi connectivity index (χ1v) is 10.6. The number of para-hydroxylation sites is 1. The fourth-order valence-electron chi connectivity index (χ4n) is 2.66. The van der Waals surface area contributed by atoms with Crippen molar-refractivity contribution in [2.45, 2.75) is 31.7 Å². The molecule has 0 aromatic heterocycles. The number of hydrogen-bond acceptors (Lipinski definition) is 5. The fraction of sp³-hybridized carbons (Fsp3) is 0.300. The molecule has 0 saturated carbocycles. The van der Waals surface area contributed by atoms with Gasteiger partial charge in [0, 0.05) is 5.69 Å². The van der Waals surface area contributed by atoms with E-state index in [0.717, 1.165) is 0 Å². The molecule has 29 heavy (non-hydrogen) atoms. The van der Waals surface area contributed by atoms with Crippen LogP contribution in [0.5, 0.6) is 5.75 Å². The number of hydrogen-bond donors (Lipinski definition) is 3. The first-order valence-electron chi connectivity index (χ1n) is 9.10. The van der Waals surface area contributed by atoms with Crippen LogP contribution in [-0.2, 0) is 14.8 Å². The largest absolute Gasteiger partial charge is 0.493 e. The highest BCUT2D eigenvalue weighted by atomic mass is 32.2. The molecule has 0 heterocycles. The van der Waals surface area contributed by atoms with Crippen LogP contribution in [0.2, 0.25) is 0 Å². The average Bonchev–Trinajstić information content (AvgIpc) is 2.65. The minimum Gasteiger partial charge on any atom is -0.493 e. The van der Waals surface area contributed by atoms with Gasteiger partial charge in [0.2, 0.25) is 15.9 Å². The molecular formula is C20H25N3O5S. The Balaban J connectivity index is 2.20. The van der Waals surface area contributed by atoms with Crippen molar-refractivity contribution in [2.75, 3.05) is 11.9 Å². The second-order valence-electron chi connectivity index (χ2n) is 6.69. The summed E-state index contributed by atoms with van der Waals surface area (Å²) < 4.78 is 28.5. The van der Waals surface area contributed by atoms with Crippen LogP contribution in [0.3, 0.4) is 0 Å². The van der Waals surface area contributed by atoms with Gasteiger partial charge in [0.15, 0.2) is 0 Å². The SMILES string of the molecule is CCOc1ccccc1C(=O)N[C@@H](C(=O)Nc1cccc(S(N)(=O)=O)c1)C(C)C. The number of ether oxygens (including phenoxy) is 1. The zero-order valence-corrected chi connectivity index (χ0v) is 17.3. The lowest BCUT2D eigenvalue weighted by Crippen LogP contribution is -2.47. The van der Waals surface area contributed by atoms with Crippen molar-refractivity contribution in [3.05, 3.63) is 54.1 Å². The van der Waals surface area contributed by atoms with E-state index >= 15 is 0 Å². The molecule has 9 heteroatoms. The Bertz CT molecular complexity index is 989. The van der Waals surface area contributed by atoms with E-state index in [2.05, 4.69) is 10.6 Å². The molecule has 2 aromatic rings. The van der Waals surface area contributed by atoms with E-state index in [1.807, 2.05) is 6.92 Å². The van der Waals surface area contributed by atoms with E-state index in [0.29, 0.717) is 17.9 Å². The summed E-state index contributed by atoms with van der Waals surface area (Å²) in [6.45, 7) is 5.80. The van der Waals surface area contributed by atoms with Crippen LogP contribution in [0.25, 0.3) is 0 Å². The molecule has 0 unspecified atom stereocenters. The Morgan fingerprint density at radius 1 is 1.10 bits per heavy atom. The van der Waals surface area contributed by atoms with Gasteiger partial charge in [0.1, 0.15) is 11.8 Å². The number of primary sulfonamides is 1. The second-order valence-corrected chi connectivity index (χ2v) is 8.25. The van der Waals surface area contributed by atoms with Gasteiger partial charge in [0.25, 0.3) is 5.91 Å². The average molecular weight is 420 g/mol. The topological polar surface area (TPSA) is 128 Å². The Hall–Kier alpha value is -2.91. The van der Waals surface area contributed by atoms with Crippen LogP contribution >= 0.6 is 0 Å². The van der Waals surface area contributed by atoms with Gasteiger partial charge in [-0.25, -0.2) is 13.6 Å². The molecule has 0 aliphatic rings. The van der Waals surface area contributed by atoms with Crippen molar-refractivity contribution < 1.29 is 22.7 Å². The predicted molar refractivity (Wildman–Crippen MR) is 110 cm³/mol. The summed E-state index contributed by atoms with van der Waals surface area (Å²) in [6, 6.07) is 11.5. The molecule has 0 saturated heterocycles. The van der Waals surface area contributed by atoms with E-state index < -0.39 is 27.9 Å². The molecule has 2 aromatic carbocycles. The molecule has 0 bridgehead atoms. The van der Waals surface area contributed by atoms with Crippen molar-refractivity contribution in [1.29, 1.82) is 0 Å². The number of carbonyl (C=O) groups is 2. The standard InChI is InChI=1S/C20H25N3O5S/c1-4-28-17-11-6-5-10-16(17)19(24)23-18(13(2)3)20(25)22-14-8-7-9-15(12-14)29(21,26)27/h5-13,18H,4H2,1-3H3,(H,22,25)(H,23,24)(H2,21,26,27)/t18-/m1/s1. The molecule has 0 spiro atoms. The Kier molecular flexibility index (Phi) is 7.35. The van der Waals surface area contributed by atoms with Gasteiger partial charge in [-0.3, -0.25) is 9.59 Å². The van der Waals surface area contributed by atoms with Gasteiger partial charge >= 0.3 is 0 Å². The third-order valence-electron chi connectivity index (χ3n) is 4.10. The van der Waals surface area contributed by atoms with Gasteiger partial charge in [-0.15, -0.1) is 0 Å². The molecule has 2 amide bonds.